The third-order valence-corrected chi connectivity index (χ3v) is 8.57. The van der Waals surface area contributed by atoms with E-state index in [0.29, 0.717) is 38.8 Å². The van der Waals surface area contributed by atoms with Gasteiger partial charge in [-0.15, -0.1) is 12.4 Å². The predicted octanol–water partition coefficient (Wildman–Crippen LogP) is 4.23. The van der Waals surface area contributed by atoms with Gasteiger partial charge in [-0.1, -0.05) is 61.9 Å². The van der Waals surface area contributed by atoms with Crippen LogP contribution in [0.25, 0.3) is 0 Å². The summed E-state index contributed by atoms with van der Waals surface area (Å²) >= 11 is 0. The third kappa shape index (κ3) is 7.60. The number of hydrogen-bond donors (Lipinski definition) is 3. The van der Waals surface area contributed by atoms with Gasteiger partial charge < -0.3 is 25.8 Å². The van der Waals surface area contributed by atoms with Crippen LogP contribution in [-0.4, -0.2) is 59.1 Å². The van der Waals surface area contributed by atoms with Gasteiger partial charge in [-0.05, 0) is 75.0 Å². The molecule has 3 unspecified atom stereocenters. The van der Waals surface area contributed by atoms with Crippen molar-refractivity contribution in [3.8, 4) is 5.75 Å². The normalized spacial score (nSPS) is 22.1. The summed E-state index contributed by atoms with van der Waals surface area (Å²) in [6.45, 7) is 6.36. The van der Waals surface area contributed by atoms with Crippen LogP contribution in [0.5, 0.6) is 5.75 Å². The first-order chi connectivity index (χ1) is 19.0. The van der Waals surface area contributed by atoms with Gasteiger partial charge in [0.15, 0.2) is 0 Å². The average Bonchev–Trinajstić information content (AvgIpc) is 3.15. The summed E-state index contributed by atoms with van der Waals surface area (Å²) in [5, 5.41) is 13.4. The van der Waals surface area contributed by atoms with Crippen LogP contribution < -0.4 is 15.8 Å². The number of para-hydroxylation sites is 1. The number of piperidine rings is 1. The number of halogens is 1. The Morgan fingerprint density at radius 2 is 1.83 bits per heavy atom. The van der Waals surface area contributed by atoms with Gasteiger partial charge in [0.2, 0.25) is 11.8 Å². The van der Waals surface area contributed by atoms with Gasteiger partial charge in [0.25, 0.3) is 0 Å². The van der Waals surface area contributed by atoms with Crippen molar-refractivity contribution in [2.75, 3.05) is 19.7 Å². The van der Waals surface area contributed by atoms with Crippen LogP contribution in [0.15, 0.2) is 54.6 Å². The summed E-state index contributed by atoms with van der Waals surface area (Å²) in [6.07, 6.45) is 3.54. The summed E-state index contributed by atoms with van der Waals surface area (Å²) in [7, 11) is 0. The van der Waals surface area contributed by atoms with E-state index in [2.05, 4.69) is 5.32 Å². The van der Waals surface area contributed by atoms with Gasteiger partial charge in [0.05, 0.1) is 17.6 Å². The maximum Gasteiger partial charge on any atom is 0.311 e. The van der Waals surface area contributed by atoms with E-state index in [1.54, 1.807) is 18.7 Å². The van der Waals surface area contributed by atoms with E-state index in [1.165, 1.54) is 0 Å². The molecule has 0 spiro atoms. The highest BCUT2D eigenvalue weighted by Crippen LogP contribution is 2.37. The van der Waals surface area contributed by atoms with E-state index < -0.39 is 28.9 Å². The number of amides is 2. The SMILES string of the molecule is CCC(C1CCOc2ccccc2C1)[C@@H](NC(=O)C(C)(C)N)C(=O)N1CCCC(Cc2ccccc2)(C(=O)O)C1.Cl. The molecule has 2 aliphatic rings. The average molecular weight is 586 g/mol. The second-order valence-corrected chi connectivity index (χ2v) is 12.1. The lowest BCUT2D eigenvalue weighted by atomic mass is 9.74. The van der Waals surface area contributed by atoms with Gasteiger partial charge in [-0.2, -0.15) is 0 Å². The van der Waals surface area contributed by atoms with E-state index in [1.807, 2.05) is 61.5 Å². The van der Waals surface area contributed by atoms with E-state index in [-0.39, 0.29) is 36.7 Å². The molecule has 0 radical (unpaired) electrons. The van der Waals surface area contributed by atoms with Crippen LogP contribution in [0.4, 0.5) is 0 Å². The molecule has 224 valence electrons. The second kappa shape index (κ2) is 13.7. The van der Waals surface area contributed by atoms with E-state index in [0.717, 1.165) is 29.7 Å². The molecule has 0 bridgehead atoms. The van der Waals surface area contributed by atoms with Gasteiger partial charge in [-0.25, -0.2) is 0 Å². The molecule has 8 nitrogen and oxygen atoms in total. The Balaban J connectivity index is 0.00000462. The van der Waals surface area contributed by atoms with Crippen molar-refractivity contribution < 1.29 is 24.2 Å². The number of aliphatic carboxylic acids is 1. The molecule has 0 saturated carbocycles. The number of benzene rings is 2. The molecular weight excluding hydrogens is 542 g/mol. The quantitative estimate of drug-likeness (QED) is 0.405. The third-order valence-electron chi connectivity index (χ3n) is 8.57. The lowest BCUT2D eigenvalue weighted by molar-refractivity contribution is -0.156. The minimum absolute atomic E-state index is 0. The van der Waals surface area contributed by atoms with Crippen LogP contribution >= 0.6 is 12.4 Å². The van der Waals surface area contributed by atoms with Crippen molar-refractivity contribution in [3.63, 3.8) is 0 Å². The van der Waals surface area contributed by atoms with E-state index in [9.17, 15) is 19.5 Å². The summed E-state index contributed by atoms with van der Waals surface area (Å²) < 4.78 is 6.01. The van der Waals surface area contributed by atoms with Crippen LogP contribution in [0.3, 0.4) is 0 Å². The Kier molecular flexibility index (Phi) is 10.8. The molecule has 2 aliphatic heterocycles. The molecule has 2 aromatic rings. The van der Waals surface area contributed by atoms with Crippen LogP contribution in [0.1, 0.15) is 57.6 Å². The monoisotopic (exact) mass is 585 g/mol. The molecule has 41 heavy (non-hydrogen) atoms. The Morgan fingerprint density at radius 3 is 2.49 bits per heavy atom. The number of nitrogens with zero attached hydrogens (tertiary/aromatic N) is 1. The highest BCUT2D eigenvalue weighted by atomic mass is 35.5. The summed E-state index contributed by atoms with van der Waals surface area (Å²) in [5.41, 5.74) is 5.91. The maximum atomic E-state index is 14.3. The number of nitrogens with two attached hydrogens (primary N) is 1. The van der Waals surface area contributed by atoms with Crippen molar-refractivity contribution in [2.24, 2.45) is 23.0 Å². The highest BCUT2D eigenvalue weighted by molar-refractivity contribution is 5.92. The number of nitrogens with one attached hydrogen (secondary N) is 1. The Bertz CT molecular complexity index is 1200. The van der Waals surface area contributed by atoms with Crippen molar-refractivity contribution in [1.29, 1.82) is 0 Å². The number of hydrogen-bond acceptors (Lipinski definition) is 5. The molecule has 0 aliphatic carbocycles. The topological polar surface area (TPSA) is 122 Å². The molecule has 2 heterocycles. The largest absolute Gasteiger partial charge is 0.493 e. The first-order valence-corrected chi connectivity index (χ1v) is 14.4. The number of fused-ring (bicyclic) bond motifs is 1. The molecule has 2 aromatic carbocycles. The van der Waals surface area contributed by atoms with E-state index in [4.69, 9.17) is 10.5 Å². The molecule has 9 heteroatoms. The van der Waals surface area contributed by atoms with Crippen molar-refractivity contribution in [1.82, 2.24) is 10.2 Å². The number of likely N-dealkylation sites (tertiary alicyclic amines) is 1. The van der Waals surface area contributed by atoms with Crippen LogP contribution in [0.2, 0.25) is 0 Å². The van der Waals surface area contributed by atoms with Crippen LogP contribution in [0, 0.1) is 17.3 Å². The Morgan fingerprint density at radius 1 is 1.15 bits per heavy atom. The lowest BCUT2D eigenvalue weighted by Crippen LogP contribution is -2.61. The Hall–Kier alpha value is -3.10. The molecule has 1 saturated heterocycles. The van der Waals surface area contributed by atoms with Crippen molar-refractivity contribution in [3.05, 3.63) is 65.7 Å². The maximum absolute atomic E-state index is 14.3. The molecular formula is C32H44ClN3O5. The molecule has 4 atom stereocenters. The number of ether oxygens (including phenoxy) is 1. The fraction of sp³-hybridized carbons (Fsp3) is 0.531. The van der Waals surface area contributed by atoms with Crippen molar-refractivity contribution in [2.45, 2.75) is 70.9 Å². The number of carbonyl (C=O) groups excluding carboxylic acids is 2. The zero-order valence-corrected chi connectivity index (χ0v) is 25.1. The first kappa shape index (κ1) is 32.4. The standard InChI is InChI=1S/C32H43N3O5.ClH/c1-4-25(23-15-18-40-26-14-9-8-13-24(26)19-23)27(34-29(37)31(2,3)33)28(36)35-17-10-16-32(21-35,30(38)39)20-22-11-6-5-7-12-22;/h5-9,11-14,23,25,27H,4,10,15-21,33H2,1-3H3,(H,34,37)(H,38,39);1H/t23?,25?,27-,32?;/m1./s1. The second-order valence-electron chi connectivity index (χ2n) is 12.1. The molecule has 4 N–H and O–H groups in total. The molecule has 4 rings (SSSR count). The van der Waals surface area contributed by atoms with E-state index >= 15 is 0 Å². The smallest absolute Gasteiger partial charge is 0.311 e. The van der Waals surface area contributed by atoms with Gasteiger partial charge in [0.1, 0.15) is 11.8 Å². The lowest BCUT2D eigenvalue weighted by Gasteiger charge is -2.43. The minimum atomic E-state index is -1.17. The number of rotatable bonds is 9. The molecule has 1 fully saturated rings. The van der Waals surface area contributed by atoms with Gasteiger partial charge in [0, 0.05) is 13.1 Å². The zero-order valence-electron chi connectivity index (χ0n) is 24.3. The summed E-state index contributed by atoms with van der Waals surface area (Å²) in [6, 6.07) is 16.7. The first-order valence-electron chi connectivity index (χ1n) is 14.4. The fourth-order valence-corrected chi connectivity index (χ4v) is 6.30. The summed E-state index contributed by atoms with van der Waals surface area (Å²) in [4.78, 5) is 41.9. The van der Waals surface area contributed by atoms with Crippen molar-refractivity contribution >= 4 is 30.2 Å². The number of carboxylic acids is 1. The minimum Gasteiger partial charge on any atom is -0.493 e. The van der Waals surface area contributed by atoms with Gasteiger partial charge >= 0.3 is 5.97 Å². The molecule has 2 amide bonds. The van der Waals surface area contributed by atoms with Gasteiger partial charge in [-0.3, -0.25) is 14.4 Å². The zero-order chi connectivity index (χ0) is 28.9. The predicted molar refractivity (Wildman–Crippen MR) is 161 cm³/mol. The highest BCUT2D eigenvalue weighted by Gasteiger charge is 2.46. The van der Waals surface area contributed by atoms with Crippen LogP contribution in [-0.2, 0) is 27.2 Å². The molecule has 0 aromatic heterocycles. The number of carboxylic acid groups (broad SMARTS) is 1. The fourth-order valence-electron chi connectivity index (χ4n) is 6.30. The Labute approximate surface area is 249 Å². The number of carbonyl (C=O) groups is 3. The summed E-state index contributed by atoms with van der Waals surface area (Å²) in [5.74, 6) is -0.771.